The highest BCUT2D eigenvalue weighted by atomic mass is 16.2. The van der Waals surface area contributed by atoms with Crippen LogP contribution in [0.25, 0.3) is 0 Å². The maximum Gasteiger partial charge on any atom is 0.252 e. The zero-order valence-electron chi connectivity index (χ0n) is 7.91. The summed E-state index contributed by atoms with van der Waals surface area (Å²) in [6.07, 6.45) is 0.378. The van der Waals surface area contributed by atoms with Crippen molar-refractivity contribution in [1.82, 2.24) is 5.32 Å². The van der Waals surface area contributed by atoms with Crippen molar-refractivity contribution in [1.29, 1.82) is 0 Å². The van der Waals surface area contributed by atoms with Gasteiger partial charge in [-0.1, -0.05) is 18.2 Å². The van der Waals surface area contributed by atoms with E-state index in [-0.39, 0.29) is 17.7 Å². The van der Waals surface area contributed by atoms with Crippen LogP contribution in [0.15, 0.2) is 24.3 Å². The summed E-state index contributed by atoms with van der Waals surface area (Å²) in [5.74, 6) is -0.120. The van der Waals surface area contributed by atoms with Gasteiger partial charge >= 0.3 is 0 Å². The Morgan fingerprint density at radius 1 is 1.21 bits per heavy atom. The molecule has 14 heavy (non-hydrogen) atoms. The molecule has 1 aliphatic rings. The summed E-state index contributed by atoms with van der Waals surface area (Å²) in [6, 6.07) is 6.85. The number of carbonyl (C=O) groups is 2. The van der Waals surface area contributed by atoms with E-state index in [1.54, 1.807) is 24.3 Å². The van der Waals surface area contributed by atoms with Gasteiger partial charge in [-0.2, -0.15) is 0 Å². The Bertz CT molecular complexity index is 361. The molecule has 3 nitrogen and oxygen atoms in total. The van der Waals surface area contributed by atoms with Crippen LogP contribution in [0.1, 0.15) is 34.1 Å². The number of carbonyl (C=O) groups excluding carboxylic acids is 2. The van der Waals surface area contributed by atoms with Crippen LogP contribution < -0.4 is 5.32 Å². The summed E-state index contributed by atoms with van der Waals surface area (Å²) >= 11 is 0. The van der Waals surface area contributed by atoms with E-state index in [4.69, 9.17) is 0 Å². The second-order valence-electron chi connectivity index (χ2n) is 3.55. The Balaban J connectivity index is 2.53. The van der Waals surface area contributed by atoms with Crippen LogP contribution in [-0.4, -0.2) is 17.7 Å². The Labute approximate surface area is 82.1 Å². The molecular formula is C11H11NO2. The Hall–Kier alpha value is -1.64. The molecule has 1 N–H and O–H groups in total. The fraction of sp³-hybridized carbons (Fsp3) is 0.273. The van der Waals surface area contributed by atoms with Gasteiger partial charge < -0.3 is 5.32 Å². The quantitative estimate of drug-likeness (QED) is 0.670. The molecule has 0 radical (unpaired) electrons. The number of Topliss-reactive ketones (excluding diaryl/α,β-unsaturated/α-hetero) is 1. The van der Waals surface area contributed by atoms with Crippen molar-refractivity contribution < 1.29 is 9.59 Å². The fourth-order valence-electron chi connectivity index (χ4n) is 1.66. The maximum absolute atomic E-state index is 11.7. The third-order valence-electron chi connectivity index (χ3n) is 2.34. The molecule has 1 amide bonds. The molecule has 1 aromatic rings. The van der Waals surface area contributed by atoms with E-state index in [0.29, 0.717) is 17.5 Å². The van der Waals surface area contributed by atoms with Crippen LogP contribution in [-0.2, 0) is 0 Å². The monoisotopic (exact) mass is 189 g/mol. The molecule has 0 aromatic heterocycles. The van der Waals surface area contributed by atoms with E-state index in [1.807, 2.05) is 6.92 Å². The second kappa shape index (κ2) is 3.25. The highest BCUT2D eigenvalue weighted by molar-refractivity contribution is 6.09. The zero-order valence-corrected chi connectivity index (χ0v) is 7.91. The van der Waals surface area contributed by atoms with Gasteiger partial charge in [0.15, 0.2) is 5.78 Å². The molecular weight excluding hydrogens is 178 g/mol. The summed E-state index contributed by atoms with van der Waals surface area (Å²) < 4.78 is 0. The molecule has 1 aliphatic heterocycles. The largest absolute Gasteiger partial charge is 0.349 e. The molecule has 0 bridgehead atoms. The molecule has 1 aromatic carbocycles. The fourth-order valence-corrected chi connectivity index (χ4v) is 1.66. The minimum atomic E-state index is -0.154. The zero-order chi connectivity index (χ0) is 10.1. The van der Waals surface area contributed by atoms with E-state index in [2.05, 4.69) is 5.32 Å². The number of fused-ring (bicyclic) bond motifs is 1. The molecule has 1 atom stereocenters. The topological polar surface area (TPSA) is 46.2 Å². The predicted octanol–water partition coefficient (Wildman–Crippen LogP) is 1.39. The summed E-state index contributed by atoms with van der Waals surface area (Å²) in [6.45, 7) is 1.84. The first-order valence-electron chi connectivity index (χ1n) is 4.61. The molecule has 0 spiro atoms. The molecule has 72 valence electrons. The first kappa shape index (κ1) is 8.94. The van der Waals surface area contributed by atoms with Crippen molar-refractivity contribution >= 4 is 11.7 Å². The van der Waals surface area contributed by atoms with Crippen LogP contribution >= 0.6 is 0 Å². The first-order chi connectivity index (χ1) is 6.68. The van der Waals surface area contributed by atoms with Crippen LogP contribution in [0.5, 0.6) is 0 Å². The predicted molar refractivity (Wildman–Crippen MR) is 52.3 cm³/mol. The highest BCUT2D eigenvalue weighted by Gasteiger charge is 2.23. The molecule has 1 unspecified atom stereocenters. The molecule has 0 fully saturated rings. The number of hydrogen-bond acceptors (Lipinski definition) is 2. The summed E-state index contributed by atoms with van der Waals surface area (Å²) in [5.41, 5.74) is 1.02. The van der Waals surface area contributed by atoms with Crippen molar-refractivity contribution in [2.75, 3.05) is 0 Å². The van der Waals surface area contributed by atoms with Gasteiger partial charge in [0, 0.05) is 18.0 Å². The normalized spacial score (nSPS) is 21.1. The summed E-state index contributed by atoms with van der Waals surface area (Å²) in [4.78, 5) is 23.3. The lowest BCUT2D eigenvalue weighted by Crippen LogP contribution is -2.31. The van der Waals surface area contributed by atoms with Crippen LogP contribution in [0.4, 0.5) is 0 Å². The molecule has 3 heteroatoms. The van der Waals surface area contributed by atoms with Crippen molar-refractivity contribution in [2.45, 2.75) is 19.4 Å². The molecule has 2 rings (SSSR count). The van der Waals surface area contributed by atoms with E-state index >= 15 is 0 Å². The summed E-state index contributed by atoms with van der Waals surface area (Å²) in [5, 5.41) is 2.77. The lowest BCUT2D eigenvalue weighted by atomic mass is 10.0. The van der Waals surface area contributed by atoms with Crippen molar-refractivity contribution in [3.63, 3.8) is 0 Å². The number of nitrogens with one attached hydrogen (secondary N) is 1. The standard InChI is InChI=1S/C11H11NO2/c1-7-6-10(13)8-4-2-3-5-9(8)11(14)12-7/h2-5,7H,6H2,1H3,(H,12,14). The smallest absolute Gasteiger partial charge is 0.252 e. The van der Waals surface area contributed by atoms with Crippen molar-refractivity contribution in [2.24, 2.45) is 0 Å². The molecule has 0 aliphatic carbocycles. The van der Waals surface area contributed by atoms with Gasteiger partial charge in [-0.15, -0.1) is 0 Å². The number of amides is 1. The number of hydrogen-bond donors (Lipinski definition) is 1. The number of ketones is 1. The number of benzene rings is 1. The third-order valence-corrected chi connectivity index (χ3v) is 2.34. The Kier molecular flexibility index (Phi) is 2.08. The molecule has 0 saturated carbocycles. The van der Waals surface area contributed by atoms with Gasteiger partial charge in [0.25, 0.3) is 5.91 Å². The minimum absolute atomic E-state index is 0.0338. The maximum atomic E-state index is 11.7. The number of rotatable bonds is 0. The van der Waals surface area contributed by atoms with Gasteiger partial charge in [-0.3, -0.25) is 9.59 Å². The SMILES string of the molecule is CC1CC(=O)c2ccccc2C(=O)N1. The molecule has 0 saturated heterocycles. The third kappa shape index (κ3) is 1.41. The average Bonchev–Trinajstić information content (AvgIpc) is 2.26. The second-order valence-corrected chi connectivity index (χ2v) is 3.55. The van der Waals surface area contributed by atoms with Crippen LogP contribution in [0, 0.1) is 0 Å². The average molecular weight is 189 g/mol. The minimum Gasteiger partial charge on any atom is -0.349 e. The van der Waals surface area contributed by atoms with Gasteiger partial charge in [0.2, 0.25) is 0 Å². The van der Waals surface area contributed by atoms with Crippen molar-refractivity contribution in [3.05, 3.63) is 35.4 Å². The highest BCUT2D eigenvalue weighted by Crippen LogP contribution is 2.16. The van der Waals surface area contributed by atoms with Crippen LogP contribution in [0.2, 0.25) is 0 Å². The van der Waals surface area contributed by atoms with E-state index in [9.17, 15) is 9.59 Å². The lowest BCUT2D eigenvalue weighted by molar-refractivity contribution is 0.0940. The Morgan fingerprint density at radius 2 is 1.86 bits per heavy atom. The first-order valence-corrected chi connectivity index (χ1v) is 4.61. The Morgan fingerprint density at radius 3 is 2.57 bits per heavy atom. The summed E-state index contributed by atoms with van der Waals surface area (Å²) in [7, 11) is 0. The van der Waals surface area contributed by atoms with Gasteiger partial charge in [-0.25, -0.2) is 0 Å². The van der Waals surface area contributed by atoms with Gasteiger partial charge in [0.1, 0.15) is 0 Å². The van der Waals surface area contributed by atoms with E-state index in [1.165, 1.54) is 0 Å². The van der Waals surface area contributed by atoms with Gasteiger partial charge in [-0.05, 0) is 13.0 Å². The van der Waals surface area contributed by atoms with E-state index in [0.717, 1.165) is 0 Å². The lowest BCUT2D eigenvalue weighted by Gasteiger charge is -2.06. The molecule has 1 heterocycles. The van der Waals surface area contributed by atoms with Crippen molar-refractivity contribution in [3.8, 4) is 0 Å². The van der Waals surface area contributed by atoms with E-state index < -0.39 is 0 Å². The van der Waals surface area contributed by atoms with Crippen LogP contribution in [0.3, 0.4) is 0 Å². The van der Waals surface area contributed by atoms with Gasteiger partial charge in [0.05, 0.1) is 5.56 Å².